The fourth-order valence-corrected chi connectivity index (χ4v) is 4.41. The molecule has 0 bridgehead atoms. The Bertz CT molecular complexity index is 778. The number of nitrogens with one attached hydrogen (secondary N) is 1. The van der Waals surface area contributed by atoms with Gasteiger partial charge in [0, 0.05) is 44.8 Å². The number of benzene rings is 2. The SMILES string of the molecule is CCN1CCCC1CNCc1cc(Br)ccc1OCc1ccc(Cl)cc1Cl.Cl.Cl. The van der Waals surface area contributed by atoms with E-state index in [0.717, 1.165) is 41.0 Å². The van der Waals surface area contributed by atoms with Gasteiger partial charge in [-0.25, -0.2) is 0 Å². The molecule has 1 N–H and O–H groups in total. The van der Waals surface area contributed by atoms with Crippen LogP contribution < -0.4 is 10.1 Å². The second-order valence-corrected chi connectivity index (χ2v) is 8.59. The molecule has 8 heteroatoms. The smallest absolute Gasteiger partial charge is 0.124 e. The Morgan fingerprint density at radius 1 is 1.14 bits per heavy atom. The summed E-state index contributed by atoms with van der Waals surface area (Å²) >= 11 is 15.8. The molecule has 1 heterocycles. The van der Waals surface area contributed by atoms with Crippen LogP contribution in [0.25, 0.3) is 0 Å². The summed E-state index contributed by atoms with van der Waals surface area (Å²) < 4.78 is 7.11. The summed E-state index contributed by atoms with van der Waals surface area (Å²) in [5.41, 5.74) is 2.06. The van der Waals surface area contributed by atoms with Gasteiger partial charge in [-0.05, 0) is 56.3 Å². The molecule has 29 heavy (non-hydrogen) atoms. The fourth-order valence-electron chi connectivity index (χ4n) is 3.54. The van der Waals surface area contributed by atoms with E-state index in [1.165, 1.54) is 19.4 Å². The van der Waals surface area contributed by atoms with Gasteiger partial charge in [0.05, 0.1) is 0 Å². The zero-order chi connectivity index (χ0) is 19.2. The van der Waals surface area contributed by atoms with Crippen LogP contribution in [0.1, 0.15) is 30.9 Å². The van der Waals surface area contributed by atoms with E-state index >= 15 is 0 Å². The van der Waals surface area contributed by atoms with Crippen LogP contribution in [-0.2, 0) is 13.2 Å². The number of likely N-dealkylation sites (N-methyl/N-ethyl adjacent to an activating group) is 1. The van der Waals surface area contributed by atoms with E-state index in [4.69, 9.17) is 27.9 Å². The van der Waals surface area contributed by atoms with Gasteiger partial charge in [0.2, 0.25) is 0 Å². The van der Waals surface area contributed by atoms with E-state index in [9.17, 15) is 0 Å². The number of hydrogen-bond donors (Lipinski definition) is 1. The molecule has 2 aromatic carbocycles. The highest BCUT2D eigenvalue weighted by Gasteiger charge is 2.22. The van der Waals surface area contributed by atoms with Crippen molar-refractivity contribution >= 4 is 63.9 Å². The molecule has 1 atom stereocenters. The van der Waals surface area contributed by atoms with Gasteiger partial charge in [-0.1, -0.05) is 52.1 Å². The minimum absolute atomic E-state index is 0. The van der Waals surface area contributed by atoms with Crippen molar-refractivity contribution in [2.45, 2.75) is 39.0 Å². The first-order valence-electron chi connectivity index (χ1n) is 9.36. The average Bonchev–Trinajstić information content (AvgIpc) is 3.10. The molecule has 1 aliphatic rings. The van der Waals surface area contributed by atoms with Gasteiger partial charge < -0.3 is 10.1 Å². The molecule has 0 saturated carbocycles. The quantitative estimate of drug-likeness (QED) is 0.398. The third-order valence-corrected chi connectivity index (χ3v) is 6.10. The molecule has 1 saturated heterocycles. The second-order valence-electron chi connectivity index (χ2n) is 6.83. The molecular formula is C21H27BrCl4N2O. The summed E-state index contributed by atoms with van der Waals surface area (Å²) in [6, 6.07) is 12.2. The Labute approximate surface area is 204 Å². The molecule has 3 rings (SSSR count). The number of nitrogens with zero attached hydrogens (tertiary/aromatic N) is 1. The Hall–Kier alpha value is -0.200. The molecule has 1 fully saturated rings. The van der Waals surface area contributed by atoms with Gasteiger partial charge in [0.1, 0.15) is 12.4 Å². The highest BCUT2D eigenvalue weighted by Crippen LogP contribution is 2.27. The molecule has 2 aromatic rings. The van der Waals surface area contributed by atoms with Gasteiger partial charge >= 0.3 is 0 Å². The first kappa shape index (κ1) is 26.8. The monoisotopic (exact) mass is 542 g/mol. The predicted octanol–water partition coefficient (Wildman–Crippen LogP) is 6.75. The average molecular weight is 545 g/mol. The zero-order valence-corrected chi connectivity index (χ0v) is 21.0. The van der Waals surface area contributed by atoms with Gasteiger partial charge in [-0.2, -0.15) is 0 Å². The summed E-state index contributed by atoms with van der Waals surface area (Å²) in [5.74, 6) is 0.871. The van der Waals surface area contributed by atoms with E-state index in [1.807, 2.05) is 24.3 Å². The van der Waals surface area contributed by atoms with Crippen LogP contribution in [0.4, 0.5) is 0 Å². The van der Waals surface area contributed by atoms with E-state index in [0.29, 0.717) is 22.7 Å². The number of hydrogen-bond acceptors (Lipinski definition) is 3. The van der Waals surface area contributed by atoms with E-state index in [1.54, 1.807) is 6.07 Å². The summed E-state index contributed by atoms with van der Waals surface area (Å²) in [7, 11) is 0. The first-order chi connectivity index (χ1) is 13.1. The van der Waals surface area contributed by atoms with E-state index < -0.39 is 0 Å². The summed E-state index contributed by atoms with van der Waals surface area (Å²) in [5, 5.41) is 4.86. The van der Waals surface area contributed by atoms with Crippen molar-refractivity contribution < 1.29 is 4.74 Å². The number of rotatable bonds is 8. The molecule has 0 spiro atoms. The molecular weight excluding hydrogens is 518 g/mol. The van der Waals surface area contributed by atoms with Crippen molar-refractivity contribution in [3.8, 4) is 5.75 Å². The Morgan fingerprint density at radius 3 is 2.66 bits per heavy atom. The normalized spacial score (nSPS) is 16.2. The van der Waals surface area contributed by atoms with Crippen LogP contribution in [0, 0.1) is 0 Å². The minimum atomic E-state index is 0. The van der Waals surface area contributed by atoms with Gasteiger partial charge in [0.25, 0.3) is 0 Å². The maximum Gasteiger partial charge on any atom is 0.124 e. The molecule has 1 unspecified atom stereocenters. The lowest BCUT2D eigenvalue weighted by Gasteiger charge is -2.23. The van der Waals surface area contributed by atoms with Crippen molar-refractivity contribution in [1.82, 2.24) is 10.2 Å². The Balaban J connectivity index is 0.00000210. The van der Waals surface area contributed by atoms with Crippen molar-refractivity contribution in [1.29, 1.82) is 0 Å². The predicted molar refractivity (Wildman–Crippen MR) is 131 cm³/mol. The largest absolute Gasteiger partial charge is 0.489 e. The summed E-state index contributed by atoms with van der Waals surface area (Å²) in [6.07, 6.45) is 2.57. The molecule has 0 aliphatic carbocycles. The van der Waals surface area contributed by atoms with Crippen molar-refractivity contribution in [2.75, 3.05) is 19.6 Å². The highest BCUT2D eigenvalue weighted by molar-refractivity contribution is 9.10. The molecule has 0 radical (unpaired) electrons. The topological polar surface area (TPSA) is 24.5 Å². The fraction of sp³-hybridized carbons (Fsp3) is 0.429. The summed E-state index contributed by atoms with van der Waals surface area (Å²) in [6.45, 7) is 6.77. The third kappa shape index (κ3) is 7.77. The van der Waals surface area contributed by atoms with E-state index in [2.05, 4.69) is 39.1 Å². The Kier molecular flexibility index (Phi) is 12.3. The maximum atomic E-state index is 6.26. The summed E-state index contributed by atoms with van der Waals surface area (Å²) in [4.78, 5) is 2.55. The van der Waals surface area contributed by atoms with Gasteiger partial charge in [0.15, 0.2) is 0 Å². The van der Waals surface area contributed by atoms with Crippen molar-refractivity contribution in [3.63, 3.8) is 0 Å². The number of likely N-dealkylation sites (tertiary alicyclic amines) is 1. The second kappa shape index (κ2) is 13.3. The number of halogens is 5. The van der Waals surface area contributed by atoms with Crippen LogP contribution >= 0.6 is 63.9 Å². The molecule has 0 aromatic heterocycles. The van der Waals surface area contributed by atoms with Gasteiger partial charge in [-0.3, -0.25) is 4.90 Å². The van der Waals surface area contributed by atoms with Crippen LogP contribution in [0.2, 0.25) is 10.0 Å². The number of ether oxygens (including phenoxy) is 1. The standard InChI is InChI=1S/C21H25BrCl2N2O.2ClH/c1-2-26-9-3-4-19(26)13-25-12-16-10-17(22)6-8-21(16)27-14-15-5-7-18(23)11-20(15)24;;/h5-8,10-11,19,25H,2-4,9,12-14H2,1H3;2*1H. The van der Waals surface area contributed by atoms with Crippen LogP contribution in [0.5, 0.6) is 5.75 Å². The minimum Gasteiger partial charge on any atom is -0.489 e. The van der Waals surface area contributed by atoms with Crippen LogP contribution in [-0.4, -0.2) is 30.6 Å². The van der Waals surface area contributed by atoms with Crippen LogP contribution in [0.15, 0.2) is 40.9 Å². The maximum absolute atomic E-state index is 6.26. The highest BCUT2D eigenvalue weighted by atomic mass is 79.9. The third-order valence-electron chi connectivity index (χ3n) is 5.02. The lowest BCUT2D eigenvalue weighted by molar-refractivity contribution is 0.259. The van der Waals surface area contributed by atoms with Gasteiger partial charge in [-0.15, -0.1) is 24.8 Å². The van der Waals surface area contributed by atoms with Crippen LogP contribution in [0.3, 0.4) is 0 Å². The lowest BCUT2D eigenvalue weighted by atomic mass is 10.1. The van der Waals surface area contributed by atoms with Crippen molar-refractivity contribution in [3.05, 3.63) is 62.0 Å². The van der Waals surface area contributed by atoms with Crippen molar-refractivity contribution in [2.24, 2.45) is 0 Å². The zero-order valence-electron chi connectivity index (χ0n) is 16.3. The molecule has 1 aliphatic heterocycles. The molecule has 0 amide bonds. The molecule has 3 nitrogen and oxygen atoms in total. The first-order valence-corrected chi connectivity index (χ1v) is 10.9. The van der Waals surface area contributed by atoms with E-state index in [-0.39, 0.29) is 24.8 Å². The molecule has 162 valence electrons. The Morgan fingerprint density at radius 2 is 1.93 bits per heavy atom. The lowest BCUT2D eigenvalue weighted by Crippen LogP contribution is -2.37.